The normalized spacial score (nSPS) is 43.0. The van der Waals surface area contributed by atoms with Crippen LogP contribution in [0.25, 0.3) is 0 Å². The Balaban J connectivity index is 1.82. The van der Waals surface area contributed by atoms with Crippen LogP contribution in [0.1, 0.15) is 13.8 Å². The minimum atomic E-state index is 0.389. The van der Waals surface area contributed by atoms with E-state index in [-0.39, 0.29) is 0 Å². The van der Waals surface area contributed by atoms with Crippen LogP contribution >= 0.6 is 0 Å². The van der Waals surface area contributed by atoms with Crippen LogP contribution in [0, 0.1) is 0 Å². The molecule has 0 spiro atoms. The molecule has 3 heteroatoms. The zero-order valence-electron chi connectivity index (χ0n) is 7.82. The van der Waals surface area contributed by atoms with Gasteiger partial charge in [-0.15, -0.1) is 0 Å². The number of hydrogen-bond acceptors (Lipinski definition) is 3. The fraction of sp³-hybridized carbons (Fsp3) is 1.00. The van der Waals surface area contributed by atoms with E-state index in [1.165, 1.54) is 0 Å². The minimum Gasteiger partial charge on any atom is -0.376 e. The summed E-state index contributed by atoms with van der Waals surface area (Å²) in [5, 5.41) is 0. The van der Waals surface area contributed by atoms with E-state index in [1.807, 2.05) is 0 Å². The van der Waals surface area contributed by atoms with E-state index in [0.717, 1.165) is 26.3 Å². The average Bonchev–Trinajstić information content (AvgIpc) is 2.81. The van der Waals surface area contributed by atoms with Crippen molar-refractivity contribution in [1.82, 2.24) is 4.90 Å². The first-order valence-corrected chi connectivity index (χ1v) is 4.73. The molecule has 0 amide bonds. The van der Waals surface area contributed by atoms with Gasteiger partial charge in [-0.1, -0.05) is 0 Å². The number of nitrogens with zero attached hydrogens (tertiary/aromatic N) is 1. The Morgan fingerprint density at radius 2 is 2.00 bits per heavy atom. The first kappa shape index (κ1) is 8.48. The molecule has 2 aliphatic heterocycles. The molecule has 0 aromatic rings. The van der Waals surface area contributed by atoms with Crippen molar-refractivity contribution in [3.63, 3.8) is 0 Å². The molecular weight excluding hydrogens is 154 g/mol. The second kappa shape index (κ2) is 3.32. The van der Waals surface area contributed by atoms with Gasteiger partial charge in [-0.2, -0.15) is 0 Å². The first-order chi connectivity index (χ1) is 5.75. The van der Waals surface area contributed by atoms with Gasteiger partial charge in [0.15, 0.2) is 0 Å². The van der Waals surface area contributed by atoms with Crippen LogP contribution in [0.15, 0.2) is 0 Å². The smallest absolute Gasteiger partial charge is 0.0936 e. The molecule has 2 fully saturated rings. The van der Waals surface area contributed by atoms with Crippen LogP contribution in [0.3, 0.4) is 0 Å². The van der Waals surface area contributed by atoms with Gasteiger partial charge in [-0.25, -0.2) is 0 Å². The third-order valence-electron chi connectivity index (χ3n) is 2.58. The highest BCUT2D eigenvalue weighted by Gasteiger charge is 2.30. The van der Waals surface area contributed by atoms with Crippen LogP contribution in [0.5, 0.6) is 0 Å². The van der Waals surface area contributed by atoms with Gasteiger partial charge < -0.3 is 9.47 Å². The summed E-state index contributed by atoms with van der Waals surface area (Å²) in [4.78, 5) is 2.46. The molecule has 0 aromatic heterocycles. The largest absolute Gasteiger partial charge is 0.376 e. The van der Waals surface area contributed by atoms with Crippen LogP contribution in [0.2, 0.25) is 0 Å². The van der Waals surface area contributed by atoms with Crippen molar-refractivity contribution in [3.05, 3.63) is 0 Å². The number of epoxide rings is 1. The highest BCUT2D eigenvalue weighted by molar-refractivity contribution is 4.81. The topological polar surface area (TPSA) is 25.0 Å². The molecule has 2 saturated heterocycles. The van der Waals surface area contributed by atoms with Crippen molar-refractivity contribution in [3.8, 4) is 0 Å². The van der Waals surface area contributed by atoms with Gasteiger partial charge in [0.2, 0.25) is 0 Å². The number of ether oxygens (including phenoxy) is 2. The minimum absolute atomic E-state index is 0.389. The fourth-order valence-electron chi connectivity index (χ4n) is 1.66. The quantitative estimate of drug-likeness (QED) is 0.565. The van der Waals surface area contributed by atoms with Gasteiger partial charge in [0.25, 0.3) is 0 Å². The summed E-state index contributed by atoms with van der Waals surface area (Å²) in [6, 6.07) is 0.561. The molecule has 2 rings (SSSR count). The van der Waals surface area contributed by atoms with E-state index >= 15 is 0 Å². The molecule has 0 N–H and O–H groups in total. The van der Waals surface area contributed by atoms with Crippen molar-refractivity contribution in [2.45, 2.75) is 32.1 Å². The molecule has 2 unspecified atom stereocenters. The second-order valence-corrected chi connectivity index (χ2v) is 3.90. The molecule has 70 valence electrons. The third-order valence-corrected chi connectivity index (χ3v) is 2.58. The number of morpholine rings is 1. The van der Waals surface area contributed by atoms with Gasteiger partial charge in [0.1, 0.15) is 0 Å². The molecule has 12 heavy (non-hydrogen) atoms. The molecule has 0 bridgehead atoms. The van der Waals surface area contributed by atoms with Crippen LogP contribution in [-0.2, 0) is 9.47 Å². The van der Waals surface area contributed by atoms with Gasteiger partial charge in [-0.3, -0.25) is 4.90 Å². The molecule has 0 aromatic carbocycles. The molecule has 2 aliphatic rings. The Hall–Kier alpha value is -0.120. The summed E-state index contributed by atoms with van der Waals surface area (Å²) in [5.41, 5.74) is 0. The van der Waals surface area contributed by atoms with Crippen molar-refractivity contribution in [2.75, 3.05) is 26.3 Å². The van der Waals surface area contributed by atoms with Crippen molar-refractivity contribution in [2.24, 2.45) is 0 Å². The summed E-state index contributed by atoms with van der Waals surface area (Å²) in [6.07, 6.45) is 0.901. The maximum atomic E-state index is 5.54. The average molecular weight is 171 g/mol. The maximum absolute atomic E-state index is 5.54. The van der Waals surface area contributed by atoms with Crippen molar-refractivity contribution < 1.29 is 9.47 Å². The molecule has 3 nitrogen and oxygen atoms in total. The monoisotopic (exact) mass is 171 g/mol. The predicted octanol–water partition coefficient (Wildman–Crippen LogP) is 0.494. The molecule has 0 aliphatic carbocycles. The van der Waals surface area contributed by atoms with E-state index in [9.17, 15) is 0 Å². The first-order valence-electron chi connectivity index (χ1n) is 4.73. The number of hydrogen-bond donors (Lipinski definition) is 0. The molecule has 2 heterocycles. The Labute approximate surface area is 73.6 Å². The Kier molecular flexibility index (Phi) is 2.35. The highest BCUT2D eigenvalue weighted by atomic mass is 16.6. The molecule has 0 radical (unpaired) electrons. The summed E-state index contributed by atoms with van der Waals surface area (Å²) < 4.78 is 10.8. The van der Waals surface area contributed by atoms with E-state index in [0.29, 0.717) is 18.2 Å². The summed E-state index contributed by atoms with van der Waals surface area (Å²) in [7, 11) is 0. The lowest BCUT2D eigenvalue weighted by Crippen LogP contribution is -2.48. The Bertz CT molecular complexity index is 157. The maximum Gasteiger partial charge on any atom is 0.0936 e. The number of rotatable bonds is 2. The lowest BCUT2D eigenvalue weighted by molar-refractivity contribution is -0.0509. The van der Waals surface area contributed by atoms with Gasteiger partial charge in [0.05, 0.1) is 25.4 Å². The van der Waals surface area contributed by atoms with E-state index < -0.39 is 0 Å². The zero-order valence-corrected chi connectivity index (χ0v) is 7.82. The van der Waals surface area contributed by atoms with Crippen LogP contribution < -0.4 is 0 Å². The van der Waals surface area contributed by atoms with Crippen molar-refractivity contribution >= 4 is 0 Å². The summed E-state index contributed by atoms with van der Waals surface area (Å²) in [5.74, 6) is 0. The third kappa shape index (κ3) is 1.97. The second-order valence-electron chi connectivity index (χ2n) is 3.90. The van der Waals surface area contributed by atoms with Gasteiger partial charge in [-0.05, 0) is 13.8 Å². The lowest BCUT2D eigenvalue weighted by atomic mass is 10.2. The van der Waals surface area contributed by atoms with Crippen molar-refractivity contribution in [1.29, 1.82) is 0 Å². The van der Waals surface area contributed by atoms with Crippen LogP contribution in [0.4, 0.5) is 0 Å². The SMILES string of the molecule is CC1CN(C[C@@H]2CO2)C(C)CO1. The van der Waals surface area contributed by atoms with E-state index in [4.69, 9.17) is 9.47 Å². The van der Waals surface area contributed by atoms with Gasteiger partial charge >= 0.3 is 0 Å². The summed E-state index contributed by atoms with van der Waals surface area (Å²) >= 11 is 0. The van der Waals surface area contributed by atoms with Gasteiger partial charge in [0, 0.05) is 19.1 Å². The Morgan fingerprint density at radius 3 is 2.67 bits per heavy atom. The lowest BCUT2D eigenvalue weighted by Gasteiger charge is -2.36. The predicted molar refractivity (Wildman–Crippen MR) is 46.2 cm³/mol. The highest BCUT2D eigenvalue weighted by Crippen LogP contribution is 2.16. The fourth-order valence-corrected chi connectivity index (χ4v) is 1.66. The summed E-state index contributed by atoms with van der Waals surface area (Å²) in [6.45, 7) is 8.32. The Morgan fingerprint density at radius 1 is 1.25 bits per heavy atom. The van der Waals surface area contributed by atoms with E-state index in [1.54, 1.807) is 0 Å². The standard InChI is InChI=1S/C9H17NO2/c1-7-5-11-8(2)3-10(7)4-9-6-12-9/h7-9H,3-6H2,1-2H3/t7?,8?,9-/m1/s1. The van der Waals surface area contributed by atoms with Crippen LogP contribution in [-0.4, -0.2) is 49.5 Å². The van der Waals surface area contributed by atoms with E-state index in [2.05, 4.69) is 18.7 Å². The molecular formula is C9H17NO2. The molecule has 0 saturated carbocycles. The molecule has 3 atom stereocenters. The zero-order chi connectivity index (χ0) is 8.55.